The fourth-order valence-corrected chi connectivity index (χ4v) is 1.83. The van der Waals surface area contributed by atoms with Gasteiger partial charge in [0, 0.05) is 11.8 Å². The number of carbonyl (C=O) groups excluding carboxylic acids is 1. The molecule has 88 valence electrons. The Morgan fingerprint density at radius 2 is 2.12 bits per heavy atom. The summed E-state index contributed by atoms with van der Waals surface area (Å²) in [6, 6.07) is 0. The van der Waals surface area contributed by atoms with Crippen LogP contribution in [0.25, 0.3) is 0 Å². The average molecular weight is 365 g/mol. The van der Waals surface area contributed by atoms with E-state index >= 15 is 0 Å². The molecule has 16 heavy (non-hydrogen) atoms. The predicted octanol–water partition coefficient (Wildman–Crippen LogP) is 3.27. The van der Waals surface area contributed by atoms with Crippen LogP contribution >= 0.6 is 34.2 Å². The van der Waals surface area contributed by atoms with Crippen LogP contribution in [0.1, 0.15) is 15.9 Å². The number of pyridine rings is 1. The van der Waals surface area contributed by atoms with Gasteiger partial charge >= 0.3 is 6.36 Å². The molecule has 0 bridgehead atoms. The third-order valence-electron chi connectivity index (χ3n) is 1.67. The maximum absolute atomic E-state index is 12.1. The first-order valence-corrected chi connectivity index (χ1v) is 5.28. The van der Waals surface area contributed by atoms with Crippen LogP contribution in [0.3, 0.4) is 0 Å². The quantitative estimate of drug-likeness (QED) is 0.459. The molecule has 1 aromatic heterocycles. The molecule has 3 nitrogen and oxygen atoms in total. The number of carbonyl (C=O) groups is 1. The third kappa shape index (κ3) is 3.21. The van der Waals surface area contributed by atoms with E-state index in [0.717, 1.165) is 6.20 Å². The van der Waals surface area contributed by atoms with E-state index < -0.39 is 17.4 Å². The van der Waals surface area contributed by atoms with Crippen molar-refractivity contribution < 1.29 is 22.7 Å². The van der Waals surface area contributed by atoms with E-state index in [0.29, 0.717) is 0 Å². The number of aromatic nitrogens is 1. The van der Waals surface area contributed by atoms with Gasteiger partial charge in [-0.25, -0.2) is 4.98 Å². The molecule has 8 heteroatoms. The molecule has 0 aliphatic heterocycles. The summed E-state index contributed by atoms with van der Waals surface area (Å²) >= 11 is 6.76. The molecule has 0 amide bonds. The van der Waals surface area contributed by atoms with Crippen molar-refractivity contribution in [3.8, 4) is 5.75 Å². The van der Waals surface area contributed by atoms with E-state index in [4.69, 9.17) is 11.6 Å². The highest BCUT2D eigenvalue weighted by Crippen LogP contribution is 2.31. The molecule has 0 atom stereocenters. The summed E-state index contributed by atoms with van der Waals surface area (Å²) in [5.74, 6) is -0.500. The van der Waals surface area contributed by atoms with Crippen LogP contribution in [0.5, 0.6) is 5.75 Å². The van der Waals surface area contributed by atoms with Crippen molar-refractivity contribution in [3.05, 3.63) is 21.0 Å². The Morgan fingerprint density at radius 3 is 2.56 bits per heavy atom. The lowest BCUT2D eigenvalue weighted by Gasteiger charge is -2.13. The molecule has 0 aliphatic carbocycles. The Kier molecular flexibility index (Phi) is 4.00. The molecule has 0 aliphatic rings. The molecule has 1 aromatic rings. The second kappa shape index (κ2) is 4.74. The summed E-state index contributed by atoms with van der Waals surface area (Å²) in [5, 5.41) is -0.881. The minimum Gasteiger partial charge on any atom is -0.403 e. The maximum Gasteiger partial charge on any atom is 0.573 e. The van der Waals surface area contributed by atoms with Crippen LogP contribution in [-0.2, 0) is 0 Å². The third-order valence-corrected chi connectivity index (χ3v) is 2.64. The summed E-state index contributed by atoms with van der Waals surface area (Å²) < 4.78 is 40.0. The number of nitrogens with zero attached hydrogens (tertiary/aromatic N) is 1. The van der Waals surface area contributed by atoms with Crippen LogP contribution < -0.4 is 4.74 Å². The average Bonchev–Trinajstić information content (AvgIpc) is 2.10. The van der Waals surface area contributed by atoms with Gasteiger partial charge in [-0.1, -0.05) is 0 Å². The van der Waals surface area contributed by atoms with Crippen molar-refractivity contribution in [2.45, 2.75) is 13.3 Å². The lowest BCUT2D eigenvalue weighted by atomic mass is 10.1. The monoisotopic (exact) mass is 365 g/mol. The van der Waals surface area contributed by atoms with Crippen molar-refractivity contribution in [1.82, 2.24) is 4.98 Å². The topological polar surface area (TPSA) is 39.2 Å². The van der Waals surface area contributed by atoms with Crippen LogP contribution in [0, 0.1) is 10.6 Å². The summed E-state index contributed by atoms with van der Waals surface area (Å²) in [5.41, 5.74) is -0.0990. The van der Waals surface area contributed by atoms with Gasteiger partial charge in [0.1, 0.15) is 3.70 Å². The van der Waals surface area contributed by atoms with Gasteiger partial charge in [0.05, 0.1) is 5.56 Å². The summed E-state index contributed by atoms with van der Waals surface area (Å²) in [6.45, 7) is 1.31. The van der Waals surface area contributed by atoms with Crippen LogP contribution in [0.15, 0.2) is 6.20 Å². The molecule has 0 saturated heterocycles. The van der Waals surface area contributed by atoms with Crippen LogP contribution in [0.4, 0.5) is 13.2 Å². The predicted molar refractivity (Wildman–Crippen MR) is 58.6 cm³/mol. The zero-order valence-electron chi connectivity index (χ0n) is 7.73. The van der Waals surface area contributed by atoms with E-state index in [-0.39, 0.29) is 14.8 Å². The number of alkyl halides is 3. The number of hydrogen-bond donors (Lipinski definition) is 0. The summed E-state index contributed by atoms with van der Waals surface area (Å²) in [4.78, 5) is 14.5. The zero-order chi connectivity index (χ0) is 12.5. The van der Waals surface area contributed by atoms with Crippen LogP contribution in [-0.4, -0.2) is 16.6 Å². The van der Waals surface area contributed by atoms with E-state index in [1.165, 1.54) is 6.92 Å². The van der Waals surface area contributed by atoms with Crippen molar-refractivity contribution in [1.29, 1.82) is 0 Å². The fourth-order valence-electron chi connectivity index (χ4n) is 0.986. The van der Waals surface area contributed by atoms with E-state index in [9.17, 15) is 18.0 Å². The molecule has 1 heterocycles. The molecular formula is C8H4ClF3INO2. The van der Waals surface area contributed by atoms with Gasteiger partial charge in [0.2, 0.25) is 0 Å². The van der Waals surface area contributed by atoms with Crippen LogP contribution in [0.2, 0.25) is 0 Å². The standard InChI is InChI=1S/C8H4ClF3INO2/c1-3-4(6(9)15)2-14-7(13)5(3)16-8(10,11)12/h2H,1H3. The Morgan fingerprint density at radius 1 is 1.56 bits per heavy atom. The zero-order valence-corrected chi connectivity index (χ0v) is 10.6. The first-order chi connectivity index (χ1) is 7.22. The highest BCUT2D eigenvalue weighted by Gasteiger charge is 2.33. The van der Waals surface area contributed by atoms with E-state index in [2.05, 4.69) is 9.72 Å². The van der Waals surface area contributed by atoms with Crippen molar-refractivity contribution in [2.75, 3.05) is 0 Å². The van der Waals surface area contributed by atoms with Crippen molar-refractivity contribution in [3.63, 3.8) is 0 Å². The molecule has 0 unspecified atom stereocenters. The molecule has 1 rings (SSSR count). The minimum absolute atomic E-state index is 0.00842. The Balaban J connectivity index is 3.27. The molecule has 0 radical (unpaired) electrons. The lowest BCUT2D eigenvalue weighted by molar-refractivity contribution is -0.275. The number of hydrogen-bond acceptors (Lipinski definition) is 3. The first kappa shape index (κ1) is 13.5. The van der Waals surface area contributed by atoms with Gasteiger partial charge in [-0.3, -0.25) is 4.79 Å². The van der Waals surface area contributed by atoms with Gasteiger partial charge in [-0.15, -0.1) is 13.2 Å². The summed E-state index contributed by atoms with van der Waals surface area (Å²) in [7, 11) is 0. The Labute approximate surface area is 107 Å². The van der Waals surface area contributed by atoms with Gasteiger partial charge in [-0.2, -0.15) is 0 Å². The number of rotatable bonds is 2. The Bertz CT molecular complexity index is 436. The van der Waals surface area contributed by atoms with E-state index in [1.807, 2.05) is 0 Å². The molecule has 0 N–H and O–H groups in total. The smallest absolute Gasteiger partial charge is 0.403 e. The van der Waals surface area contributed by atoms with Crippen molar-refractivity contribution in [2.24, 2.45) is 0 Å². The second-order valence-corrected chi connectivity index (χ2v) is 4.10. The SMILES string of the molecule is Cc1c(C(=O)Cl)cnc(I)c1OC(F)(F)F. The number of halogens is 5. The van der Waals surface area contributed by atoms with Gasteiger partial charge in [0.25, 0.3) is 5.24 Å². The lowest BCUT2D eigenvalue weighted by Crippen LogP contribution is -2.19. The highest BCUT2D eigenvalue weighted by atomic mass is 127. The Hall–Kier alpha value is -0.570. The molecule has 0 spiro atoms. The first-order valence-electron chi connectivity index (χ1n) is 3.83. The minimum atomic E-state index is -4.83. The van der Waals surface area contributed by atoms with Crippen molar-refractivity contribution >= 4 is 39.4 Å². The second-order valence-electron chi connectivity index (χ2n) is 2.74. The molecular weight excluding hydrogens is 361 g/mol. The maximum atomic E-state index is 12.1. The normalized spacial score (nSPS) is 11.4. The fraction of sp³-hybridized carbons (Fsp3) is 0.250. The molecule has 0 fully saturated rings. The number of ether oxygens (including phenoxy) is 1. The molecule has 0 aromatic carbocycles. The highest BCUT2D eigenvalue weighted by molar-refractivity contribution is 14.1. The van der Waals surface area contributed by atoms with Gasteiger partial charge in [-0.05, 0) is 41.1 Å². The van der Waals surface area contributed by atoms with Gasteiger partial charge in [0.15, 0.2) is 5.75 Å². The summed E-state index contributed by atoms with van der Waals surface area (Å²) in [6.07, 6.45) is -3.73. The molecule has 0 saturated carbocycles. The van der Waals surface area contributed by atoms with Gasteiger partial charge < -0.3 is 4.74 Å². The van der Waals surface area contributed by atoms with E-state index in [1.54, 1.807) is 22.6 Å². The largest absolute Gasteiger partial charge is 0.573 e.